The van der Waals surface area contributed by atoms with Crippen molar-refractivity contribution in [3.05, 3.63) is 82.5 Å². The maximum absolute atomic E-state index is 13.2. The van der Waals surface area contributed by atoms with Crippen LogP contribution in [0.3, 0.4) is 0 Å². The molecule has 4 aromatic rings. The van der Waals surface area contributed by atoms with Gasteiger partial charge in [-0.3, -0.25) is 4.98 Å². The van der Waals surface area contributed by atoms with Crippen LogP contribution in [0.2, 0.25) is 5.02 Å². The first-order valence-electron chi connectivity index (χ1n) is 8.71. The fraction of sp³-hybridized carbons (Fsp3) is 0.150. The van der Waals surface area contributed by atoms with Gasteiger partial charge in [-0.25, -0.2) is 9.97 Å². The predicted molar refractivity (Wildman–Crippen MR) is 118 cm³/mol. The third-order valence-electron chi connectivity index (χ3n) is 4.39. The number of aromatic amines is 1. The molecule has 4 aromatic heterocycles. The van der Waals surface area contributed by atoms with Crippen LogP contribution in [0.5, 0.6) is 0 Å². The molecule has 4 rings (SSSR count). The van der Waals surface area contributed by atoms with E-state index >= 15 is 0 Å². The molecule has 0 aromatic carbocycles. The highest BCUT2D eigenvalue weighted by molar-refractivity contribution is 14.1. The molecule has 0 saturated carbocycles. The van der Waals surface area contributed by atoms with Crippen LogP contribution in [0.25, 0.3) is 11.0 Å². The quantitative estimate of drug-likeness (QED) is 0.251. The van der Waals surface area contributed by atoms with Crippen LogP contribution in [0, 0.1) is 0 Å². The lowest BCUT2D eigenvalue weighted by molar-refractivity contribution is 0.122. The van der Waals surface area contributed by atoms with Crippen molar-refractivity contribution in [2.75, 3.05) is 5.32 Å². The summed E-state index contributed by atoms with van der Waals surface area (Å²) in [7, 11) is 0. The van der Waals surface area contributed by atoms with E-state index in [9.17, 15) is 8.78 Å². The molecule has 4 heterocycles. The van der Waals surface area contributed by atoms with E-state index in [1.54, 1.807) is 18.5 Å². The van der Waals surface area contributed by atoms with Gasteiger partial charge in [0.15, 0.2) is 0 Å². The molecule has 0 spiro atoms. The zero-order chi connectivity index (χ0) is 20.4. The van der Waals surface area contributed by atoms with Gasteiger partial charge in [-0.2, -0.15) is 8.78 Å². The van der Waals surface area contributed by atoms with Gasteiger partial charge in [0.2, 0.25) is 0 Å². The lowest BCUT2D eigenvalue weighted by Gasteiger charge is -2.09. The Bertz CT molecular complexity index is 1120. The van der Waals surface area contributed by atoms with E-state index < -0.39 is 3.93 Å². The largest absolute Gasteiger partial charge is 0.366 e. The van der Waals surface area contributed by atoms with Gasteiger partial charge in [0, 0.05) is 65.7 Å². The third kappa shape index (κ3) is 4.81. The maximum atomic E-state index is 13.2. The molecular formula is C20H15ClF2IN5. The minimum atomic E-state index is -2.96. The molecule has 0 atom stereocenters. The Hall–Kier alpha value is -2.33. The van der Waals surface area contributed by atoms with Crippen molar-refractivity contribution in [3.8, 4) is 0 Å². The van der Waals surface area contributed by atoms with Crippen LogP contribution in [0.4, 0.5) is 14.6 Å². The number of rotatable bonds is 6. The molecule has 0 aliphatic carbocycles. The summed E-state index contributed by atoms with van der Waals surface area (Å²) < 4.78 is 23.4. The second-order valence-electron chi connectivity index (χ2n) is 6.50. The Balaban J connectivity index is 1.39. The molecule has 148 valence electrons. The van der Waals surface area contributed by atoms with Crippen molar-refractivity contribution in [2.45, 2.75) is 16.9 Å². The van der Waals surface area contributed by atoms with Crippen molar-refractivity contribution in [2.24, 2.45) is 0 Å². The van der Waals surface area contributed by atoms with Gasteiger partial charge >= 0.3 is 3.93 Å². The van der Waals surface area contributed by atoms with Gasteiger partial charge in [-0.05, 0) is 34.9 Å². The molecule has 0 amide bonds. The number of H-pyrrole nitrogens is 1. The molecule has 2 N–H and O–H groups in total. The molecule has 0 unspecified atom stereocenters. The Labute approximate surface area is 184 Å². The molecule has 5 nitrogen and oxygen atoms in total. The summed E-state index contributed by atoms with van der Waals surface area (Å²) in [5.74, 6) is 0.695. The minimum absolute atomic E-state index is 0.252. The van der Waals surface area contributed by atoms with Crippen molar-refractivity contribution in [1.29, 1.82) is 0 Å². The molecular weight excluding hydrogens is 511 g/mol. The van der Waals surface area contributed by atoms with Crippen molar-refractivity contribution in [3.63, 3.8) is 0 Å². The van der Waals surface area contributed by atoms with E-state index in [0.717, 1.165) is 50.3 Å². The van der Waals surface area contributed by atoms with Crippen molar-refractivity contribution >= 4 is 51.0 Å². The predicted octanol–water partition coefficient (Wildman–Crippen LogP) is 5.69. The van der Waals surface area contributed by atoms with E-state index in [0.29, 0.717) is 23.8 Å². The van der Waals surface area contributed by atoms with Gasteiger partial charge in [-0.15, -0.1) is 0 Å². The lowest BCUT2D eigenvalue weighted by atomic mass is 10.1. The molecule has 29 heavy (non-hydrogen) atoms. The van der Waals surface area contributed by atoms with Crippen LogP contribution in [0.1, 0.15) is 22.4 Å². The van der Waals surface area contributed by atoms with Gasteiger partial charge in [0.25, 0.3) is 0 Å². The van der Waals surface area contributed by atoms with Gasteiger partial charge < -0.3 is 10.3 Å². The zero-order valence-electron chi connectivity index (χ0n) is 15.0. The first-order valence-corrected chi connectivity index (χ1v) is 10.2. The highest BCUT2D eigenvalue weighted by Crippen LogP contribution is 2.33. The number of hydrogen-bond donors (Lipinski definition) is 2. The van der Waals surface area contributed by atoms with Crippen LogP contribution in [-0.2, 0) is 16.9 Å². The summed E-state index contributed by atoms with van der Waals surface area (Å²) in [4.78, 5) is 15.6. The van der Waals surface area contributed by atoms with Crippen LogP contribution in [0.15, 0.2) is 55.1 Å². The van der Waals surface area contributed by atoms with Gasteiger partial charge in [0.1, 0.15) is 17.2 Å². The second kappa shape index (κ2) is 8.19. The monoisotopic (exact) mass is 525 g/mol. The first-order chi connectivity index (χ1) is 13.9. The SMILES string of the molecule is FC(F)(I)c1ccc(CNc2ccc(Cc3c[nH]c4ncc(Cl)cc34)cn2)cn1. The van der Waals surface area contributed by atoms with Crippen molar-refractivity contribution < 1.29 is 8.78 Å². The third-order valence-corrected chi connectivity index (χ3v) is 5.15. The summed E-state index contributed by atoms with van der Waals surface area (Å²) in [6.45, 7) is 0.444. The summed E-state index contributed by atoms with van der Waals surface area (Å²) >= 11 is 7.12. The zero-order valence-corrected chi connectivity index (χ0v) is 17.9. The molecule has 9 heteroatoms. The lowest BCUT2D eigenvalue weighted by Crippen LogP contribution is -2.07. The number of fused-ring (bicyclic) bond motifs is 1. The first kappa shape index (κ1) is 20.0. The molecule has 0 fully saturated rings. The average molecular weight is 526 g/mol. The highest BCUT2D eigenvalue weighted by atomic mass is 127. The Morgan fingerprint density at radius 1 is 1.03 bits per heavy atom. The van der Waals surface area contributed by atoms with Gasteiger partial charge in [-0.1, -0.05) is 23.7 Å². The standard InChI is InChI=1S/C20H15ClF2IN5/c21-15-6-16-14(10-28-19(16)29-11-15)5-12-2-4-18(26-7-12)27-9-13-1-3-17(25-8-13)20(22,23)24/h1-4,6-8,10-11H,5,9H2,(H,26,27)(H,28,29). The molecule has 0 aliphatic heterocycles. The molecule has 0 bridgehead atoms. The maximum Gasteiger partial charge on any atom is 0.337 e. The number of aromatic nitrogens is 4. The normalized spacial score (nSPS) is 11.7. The number of pyridine rings is 3. The summed E-state index contributed by atoms with van der Waals surface area (Å²) in [5, 5.41) is 4.76. The fourth-order valence-electron chi connectivity index (χ4n) is 2.92. The van der Waals surface area contributed by atoms with E-state index in [1.807, 2.05) is 24.4 Å². The molecule has 0 aliphatic rings. The van der Waals surface area contributed by atoms with Gasteiger partial charge in [0.05, 0.1) is 5.02 Å². The van der Waals surface area contributed by atoms with E-state index in [-0.39, 0.29) is 5.69 Å². The van der Waals surface area contributed by atoms with Crippen LogP contribution in [-0.4, -0.2) is 19.9 Å². The van der Waals surface area contributed by atoms with E-state index in [2.05, 4.69) is 25.3 Å². The fourth-order valence-corrected chi connectivity index (χ4v) is 3.40. The molecule has 0 saturated heterocycles. The summed E-state index contributed by atoms with van der Waals surface area (Å²) in [6, 6.07) is 8.74. The number of alkyl halides is 3. The minimum Gasteiger partial charge on any atom is -0.366 e. The van der Waals surface area contributed by atoms with Crippen LogP contribution >= 0.6 is 34.2 Å². The highest BCUT2D eigenvalue weighted by Gasteiger charge is 2.28. The second-order valence-corrected chi connectivity index (χ2v) is 8.29. The smallest absolute Gasteiger partial charge is 0.337 e. The number of nitrogens with one attached hydrogen (secondary N) is 2. The Morgan fingerprint density at radius 2 is 1.83 bits per heavy atom. The number of halogens is 4. The summed E-state index contributed by atoms with van der Waals surface area (Å²) in [6.07, 6.45) is 7.49. The Morgan fingerprint density at radius 3 is 2.52 bits per heavy atom. The van der Waals surface area contributed by atoms with E-state index in [1.165, 1.54) is 12.3 Å². The summed E-state index contributed by atoms with van der Waals surface area (Å²) in [5.41, 5.74) is 3.49. The number of anilines is 1. The van der Waals surface area contributed by atoms with E-state index in [4.69, 9.17) is 11.6 Å². The topological polar surface area (TPSA) is 66.5 Å². The average Bonchev–Trinajstić information content (AvgIpc) is 3.09. The van der Waals surface area contributed by atoms with Crippen LogP contribution < -0.4 is 5.32 Å². The number of hydrogen-bond acceptors (Lipinski definition) is 4. The number of nitrogens with zero attached hydrogens (tertiary/aromatic N) is 3. The Kier molecular flexibility index (Phi) is 5.64. The van der Waals surface area contributed by atoms with Crippen molar-refractivity contribution in [1.82, 2.24) is 19.9 Å². The molecule has 0 radical (unpaired) electrons.